The first kappa shape index (κ1) is 18.9. The summed E-state index contributed by atoms with van der Waals surface area (Å²) in [6, 6.07) is 13.3. The maximum atomic E-state index is 13.4. The molecule has 3 fully saturated rings. The van der Waals surface area contributed by atoms with Crippen LogP contribution in [0.1, 0.15) is 35.6 Å². The van der Waals surface area contributed by atoms with Gasteiger partial charge in [-0.1, -0.05) is 36.4 Å². The summed E-state index contributed by atoms with van der Waals surface area (Å²) >= 11 is 0. The van der Waals surface area contributed by atoms with Crippen molar-refractivity contribution in [3.63, 3.8) is 0 Å². The molecule has 2 amide bonds. The van der Waals surface area contributed by atoms with E-state index in [0.29, 0.717) is 5.56 Å². The molecule has 3 N–H and O–H groups in total. The van der Waals surface area contributed by atoms with Gasteiger partial charge in [0.2, 0.25) is 11.8 Å². The van der Waals surface area contributed by atoms with Crippen molar-refractivity contribution < 1.29 is 14.0 Å². The Kier molecular flexibility index (Phi) is 4.43. The van der Waals surface area contributed by atoms with E-state index < -0.39 is 5.92 Å². The van der Waals surface area contributed by atoms with Crippen LogP contribution in [-0.4, -0.2) is 40.0 Å². The Balaban J connectivity index is 1.48. The fraction of sp³-hybridized carbons (Fsp3) is 0.348. The van der Waals surface area contributed by atoms with Gasteiger partial charge in [-0.2, -0.15) is 0 Å². The zero-order chi connectivity index (χ0) is 21.0. The van der Waals surface area contributed by atoms with Gasteiger partial charge in [-0.3, -0.25) is 24.8 Å². The Morgan fingerprint density at radius 1 is 1.03 bits per heavy atom. The quantitative estimate of drug-likeness (QED) is 0.464. The average molecular weight is 406 g/mol. The second-order valence-corrected chi connectivity index (χ2v) is 8.37. The van der Waals surface area contributed by atoms with Gasteiger partial charge < -0.3 is 5.73 Å². The minimum absolute atomic E-state index is 0.00231. The number of halogens is 1. The highest BCUT2D eigenvalue weighted by atomic mass is 19.1. The molecule has 3 aliphatic heterocycles. The number of amides is 2. The molecule has 5 rings (SSSR count). The van der Waals surface area contributed by atoms with Crippen LogP contribution in [0, 0.1) is 23.1 Å². The minimum atomic E-state index is -0.411. The topological polar surface area (TPSA) is 90.5 Å². The smallest absolute Gasteiger partial charge is 0.235 e. The zero-order valence-corrected chi connectivity index (χ0v) is 16.4. The predicted octanol–water partition coefficient (Wildman–Crippen LogP) is 2.43. The van der Waals surface area contributed by atoms with Crippen LogP contribution in [0.5, 0.6) is 0 Å². The highest BCUT2D eigenvalue weighted by molar-refractivity contribution is 6.06. The number of amidine groups is 1. The Labute approximate surface area is 174 Å². The number of imide groups is 1. The summed E-state index contributed by atoms with van der Waals surface area (Å²) in [5.74, 6) is -1.35. The number of nitrogens with one attached hydrogen (secondary N) is 1. The number of fused-ring (bicyclic) bond motifs is 3. The SMILES string of the molecule is N=C(N)c1ccc([C@@H]2[C@@H]3C(=O)N(Cc4ccc(F)cc4)C(=O)[C@@H]3C3CCCN32)cc1. The predicted molar refractivity (Wildman–Crippen MR) is 109 cm³/mol. The molecular formula is C23H23FN4O2. The molecule has 2 aromatic rings. The fourth-order valence-electron chi connectivity index (χ4n) is 5.45. The number of hydrogen-bond acceptors (Lipinski definition) is 4. The van der Waals surface area contributed by atoms with E-state index in [-0.39, 0.29) is 48.0 Å². The van der Waals surface area contributed by atoms with Gasteiger partial charge in [0.15, 0.2) is 0 Å². The number of nitrogens with zero attached hydrogens (tertiary/aromatic N) is 2. The van der Waals surface area contributed by atoms with Crippen LogP contribution >= 0.6 is 0 Å². The molecule has 0 aromatic heterocycles. The van der Waals surface area contributed by atoms with Gasteiger partial charge in [-0.25, -0.2) is 4.39 Å². The summed E-state index contributed by atoms with van der Waals surface area (Å²) in [6.45, 7) is 1.04. The Hall–Kier alpha value is -3.06. The lowest BCUT2D eigenvalue weighted by Crippen LogP contribution is -2.38. The third-order valence-corrected chi connectivity index (χ3v) is 6.76. The molecule has 7 heteroatoms. The van der Waals surface area contributed by atoms with Crippen molar-refractivity contribution >= 4 is 17.6 Å². The maximum absolute atomic E-state index is 13.4. The monoisotopic (exact) mass is 406 g/mol. The normalized spacial score (nSPS) is 28.1. The summed E-state index contributed by atoms with van der Waals surface area (Å²) in [7, 11) is 0. The molecule has 0 saturated carbocycles. The molecule has 0 bridgehead atoms. The molecule has 3 aliphatic rings. The second kappa shape index (κ2) is 7.02. The number of likely N-dealkylation sites (tertiary alicyclic amines) is 1. The summed E-state index contributed by atoms with van der Waals surface area (Å²) in [4.78, 5) is 30.4. The summed E-state index contributed by atoms with van der Waals surface area (Å²) in [5, 5.41) is 7.59. The first-order valence-electron chi connectivity index (χ1n) is 10.3. The lowest BCUT2D eigenvalue weighted by atomic mass is 9.85. The lowest BCUT2D eigenvalue weighted by molar-refractivity contribution is -0.142. The molecule has 30 heavy (non-hydrogen) atoms. The van der Waals surface area contributed by atoms with E-state index in [1.54, 1.807) is 24.3 Å². The van der Waals surface area contributed by atoms with Crippen LogP contribution in [0.3, 0.4) is 0 Å². The van der Waals surface area contributed by atoms with Crippen molar-refractivity contribution in [2.75, 3.05) is 6.54 Å². The zero-order valence-electron chi connectivity index (χ0n) is 16.4. The molecule has 4 atom stereocenters. The average Bonchev–Trinajstić information content (AvgIpc) is 3.38. The van der Waals surface area contributed by atoms with Gasteiger partial charge in [0.25, 0.3) is 0 Å². The minimum Gasteiger partial charge on any atom is -0.384 e. The van der Waals surface area contributed by atoms with E-state index in [2.05, 4.69) is 4.90 Å². The summed E-state index contributed by atoms with van der Waals surface area (Å²) < 4.78 is 13.2. The molecular weight excluding hydrogens is 383 g/mol. The number of benzene rings is 2. The molecule has 0 radical (unpaired) electrons. The van der Waals surface area contributed by atoms with Crippen LogP contribution in [0.25, 0.3) is 0 Å². The van der Waals surface area contributed by atoms with E-state index in [4.69, 9.17) is 11.1 Å². The van der Waals surface area contributed by atoms with Gasteiger partial charge in [0.05, 0.1) is 18.4 Å². The first-order valence-corrected chi connectivity index (χ1v) is 10.3. The van der Waals surface area contributed by atoms with Gasteiger partial charge in [-0.05, 0) is 42.6 Å². The van der Waals surface area contributed by atoms with Crippen LogP contribution in [-0.2, 0) is 16.1 Å². The maximum Gasteiger partial charge on any atom is 0.235 e. The molecule has 3 heterocycles. The third-order valence-electron chi connectivity index (χ3n) is 6.76. The summed E-state index contributed by atoms with van der Waals surface area (Å²) in [6.07, 6.45) is 1.92. The number of nitrogen functional groups attached to an aromatic ring is 1. The van der Waals surface area contributed by atoms with E-state index in [1.165, 1.54) is 17.0 Å². The fourth-order valence-corrected chi connectivity index (χ4v) is 5.45. The van der Waals surface area contributed by atoms with Crippen molar-refractivity contribution in [1.29, 1.82) is 5.41 Å². The second-order valence-electron chi connectivity index (χ2n) is 8.37. The molecule has 3 saturated heterocycles. The number of hydrogen-bond donors (Lipinski definition) is 2. The number of nitrogens with two attached hydrogens (primary N) is 1. The highest BCUT2D eigenvalue weighted by Crippen LogP contribution is 2.53. The van der Waals surface area contributed by atoms with Crippen molar-refractivity contribution in [3.05, 3.63) is 71.0 Å². The van der Waals surface area contributed by atoms with E-state index >= 15 is 0 Å². The lowest BCUT2D eigenvalue weighted by Gasteiger charge is -2.29. The van der Waals surface area contributed by atoms with Crippen LogP contribution < -0.4 is 5.73 Å². The molecule has 1 unspecified atom stereocenters. The van der Waals surface area contributed by atoms with Crippen molar-refractivity contribution in [2.24, 2.45) is 17.6 Å². The molecule has 0 aliphatic carbocycles. The Bertz CT molecular complexity index is 1020. The van der Waals surface area contributed by atoms with E-state index in [1.807, 2.05) is 12.1 Å². The van der Waals surface area contributed by atoms with Crippen molar-refractivity contribution in [1.82, 2.24) is 9.80 Å². The largest absolute Gasteiger partial charge is 0.384 e. The van der Waals surface area contributed by atoms with Crippen LogP contribution in [0.2, 0.25) is 0 Å². The van der Waals surface area contributed by atoms with Gasteiger partial charge in [0.1, 0.15) is 11.7 Å². The van der Waals surface area contributed by atoms with E-state index in [9.17, 15) is 14.0 Å². The van der Waals surface area contributed by atoms with Crippen LogP contribution in [0.4, 0.5) is 4.39 Å². The third kappa shape index (κ3) is 2.84. The van der Waals surface area contributed by atoms with Crippen LogP contribution in [0.15, 0.2) is 48.5 Å². The Morgan fingerprint density at radius 2 is 1.70 bits per heavy atom. The number of carbonyl (C=O) groups is 2. The van der Waals surface area contributed by atoms with Crippen molar-refractivity contribution in [2.45, 2.75) is 31.5 Å². The standard InChI is InChI=1S/C23H23FN4O2/c24-16-9-3-13(4-10-16)12-28-22(29)18-17-2-1-11-27(17)20(19(18)23(28)30)14-5-7-15(8-6-14)21(25)26/h3-10,17-20H,1-2,11-12H2,(H3,25,26)/t17?,18-,19-,20-/m1/s1. The van der Waals surface area contributed by atoms with Crippen molar-refractivity contribution in [3.8, 4) is 0 Å². The highest BCUT2D eigenvalue weighted by Gasteiger charge is 2.62. The van der Waals surface area contributed by atoms with Gasteiger partial charge in [-0.15, -0.1) is 0 Å². The Morgan fingerprint density at radius 3 is 2.37 bits per heavy atom. The number of rotatable bonds is 4. The van der Waals surface area contributed by atoms with Gasteiger partial charge in [0, 0.05) is 17.6 Å². The first-order chi connectivity index (χ1) is 14.5. The molecule has 6 nitrogen and oxygen atoms in total. The van der Waals surface area contributed by atoms with Gasteiger partial charge >= 0.3 is 0 Å². The summed E-state index contributed by atoms with van der Waals surface area (Å²) in [5.41, 5.74) is 7.93. The molecule has 154 valence electrons. The number of carbonyl (C=O) groups excluding carboxylic acids is 2. The molecule has 2 aromatic carbocycles. The molecule has 0 spiro atoms. The van der Waals surface area contributed by atoms with E-state index in [0.717, 1.165) is 30.5 Å².